The van der Waals surface area contributed by atoms with E-state index in [1.54, 1.807) is 0 Å². The predicted octanol–water partition coefficient (Wildman–Crippen LogP) is 3.09. The molecule has 4 heteroatoms. The third-order valence-corrected chi connectivity index (χ3v) is 3.00. The maximum atomic E-state index is 11.6. The van der Waals surface area contributed by atoms with Gasteiger partial charge in [0.05, 0.1) is 0 Å². The molecule has 0 radical (unpaired) electrons. The highest BCUT2D eigenvalue weighted by Gasteiger charge is 2.34. The minimum absolute atomic E-state index is 0.0905. The lowest BCUT2D eigenvalue weighted by molar-refractivity contribution is -0.176. The topological polar surface area (TPSA) is 52.6 Å². The monoisotopic (exact) mass is 258 g/mol. The number of hydrogen-bond acceptors (Lipinski definition) is 4. The van der Waals surface area contributed by atoms with Crippen LogP contribution in [0, 0.1) is 5.92 Å². The van der Waals surface area contributed by atoms with Crippen molar-refractivity contribution >= 4 is 11.9 Å². The third-order valence-electron chi connectivity index (χ3n) is 3.00. The van der Waals surface area contributed by atoms with Gasteiger partial charge in [0.1, 0.15) is 12.2 Å². The Hall–Kier alpha value is -1.06. The van der Waals surface area contributed by atoms with Crippen LogP contribution in [0.1, 0.15) is 60.3 Å². The normalized spacial score (nSPS) is 14.1. The number of carbonyl (C=O) groups is 2. The SMILES string of the molecule is CCCC(=O)OCC(C)(OC(=O)CCC)C(C)C. The lowest BCUT2D eigenvalue weighted by Gasteiger charge is -2.32. The molecular formula is C14H26O4. The van der Waals surface area contributed by atoms with E-state index in [0.717, 1.165) is 12.8 Å². The van der Waals surface area contributed by atoms with Crippen LogP contribution < -0.4 is 0 Å². The molecule has 106 valence electrons. The molecule has 0 aromatic rings. The molecule has 18 heavy (non-hydrogen) atoms. The molecule has 0 aromatic heterocycles. The zero-order chi connectivity index (χ0) is 14.2. The molecule has 0 saturated carbocycles. The molecule has 0 amide bonds. The minimum Gasteiger partial charge on any atom is -0.461 e. The molecular weight excluding hydrogens is 232 g/mol. The summed E-state index contributed by atoms with van der Waals surface area (Å²) in [6, 6.07) is 0. The van der Waals surface area contributed by atoms with Gasteiger partial charge in [-0.25, -0.2) is 0 Å². The molecule has 0 heterocycles. The minimum atomic E-state index is -0.740. The van der Waals surface area contributed by atoms with Gasteiger partial charge in [-0.2, -0.15) is 0 Å². The second kappa shape index (κ2) is 8.11. The molecule has 0 rings (SSSR count). The first-order valence-corrected chi connectivity index (χ1v) is 6.73. The van der Waals surface area contributed by atoms with Crippen LogP contribution in [0.5, 0.6) is 0 Å². The van der Waals surface area contributed by atoms with Crippen molar-refractivity contribution in [1.82, 2.24) is 0 Å². The highest BCUT2D eigenvalue weighted by molar-refractivity contribution is 5.70. The Balaban J connectivity index is 4.43. The van der Waals surface area contributed by atoms with E-state index in [4.69, 9.17) is 9.47 Å². The number of esters is 2. The zero-order valence-corrected chi connectivity index (χ0v) is 12.2. The molecule has 0 fully saturated rings. The van der Waals surface area contributed by atoms with Crippen LogP contribution in [-0.2, 0) is 19.1 Å². The summed E-state index contributed by atoms with van der Waals surface area (Å²) in [5.74, 6) is -0.385. The lowest BCUT2D eigenvalue weighted by atomic mass is 9.93. The summed E-state index contributed by atoms with van der Waals surface area (Å²) in [6.07, 6.45) is 2.30. The smallest absolute Gasteiger partial charge is 0.306 e. The highest BCUT2D eigenvalue weighted by Crippen LogP contribution is 2.23. The molecule has 0 aliphatic heterocycles. The Bertz CT molecular complexity index is 273. The second-order valence-electron chi connectivity index (χ2n) is 5.10. The Labute approximate surface area is 110 Å². The van der Waals surface area contributed by atoms with Gasteiger partial charge in [-0.15, -0.1) is 0 Å². The largest absolute Gasteiger partial charge is 0.461 e. The third kappa shape index (κ3) is 6.03. The van der Waals surface area contributed by atoms with Crippen molar-refractivity contribution in [3.05, 3.63) is 0 Å². The van der Waals surface area contributed by atoms with E-state index < -0.39 is 5.60 Å². The van der Waals surface area contributed by atoms with E-state index in [1.807, 2.05) is 34.6 Å². The quantitative estimate of drug-likeness (QED) is 0.628. The van der Waals surface area contributed by atoms with Crippen molar-refractivity contribution in [2.24, 2.45) is 5.92 Å². The first-order chi connectivity index (χ1) is 8.35. The molecule has 0 aromatic carbocycles. The fourth-order valence-electron chi connectivity index (χ4n) is 1.33. The predicted molar refractivity (Wildman–Crippen MR) is 70.1 cm³/mol. The van der Waals surface area contributed by atoms with E-state index >= 15 is 0 Å². The maximum absolute atomic E-state index is 11.6. The molecule has 0 aliphatic carbocycles. The van der Waals surface area contributed by atoms with E-state index in [9.17, 15) is 9.59 Å². The second-order valence-corrected chi connectivity index (χ2v) is 5.10. The Morgan fingerprint density at radius 1 is 1.06 bits per heavy atom. The average Bonchev–Trinajstić information content (AvgIpc) is 2.27. The van der Waals surface area contributed by atoms with Crippen molar-refractivity contribution < 1.29 is 19.1 Å². The molecule has 1 unspecified atom stereocenters. The molecule has 0 bridgehead atoms. The van der Waals surface area contributed by atoms with Crippen LogP contribution in [0.15, 0.2) is 0 Å². The summed E-state index contributed by atoms with van der Waals surface area (Å²) < 4.78 is 10.6. The van der Waals surface area contributed by atoms with Gasteiger partial charge < -0.3 is 9.47 Å². The molecule has 0 N–H and O–H groups in total. The van der Waals surface area contributed by atoms with Crippen molar-refractivity contribution in [2.45, 2.75) is 65.9 Å². The standard InChI is InChI=1S/C14H26O4/c1-6-8-12(15)17-10-14(5,11(3)4)18-13(16)9-7-2/h11H,6-10H2,1-5H3. The molecule has 0 aliphatic rings. The first-order valence-electron chi connectivity index (χ1n) is 6.73. The van der Waals surface area contributed by atoms with Gasteiger partial charge in [0.25, 0.3) is 0 Å². The van der Waals surface area contributed by atoms with Crippen LogP contribution in [0.2, 0.25) is 0 Å². The summed E-state index contributed by atoms with van der Waals surface area (Å²) in [6.45, 7) is 9.68. The van der Waals surface area contributed by atoms with Gasteiger partial charge in [-0.3, -0.25) is 9.59 Å². The van der Waals surface area contributed by atoms with Crippen LogP contribution in [0.4, 0.5) is 0 Å². The van der Waals surface area contributed by atoms with Crippen molar-refractivity contribution in [3.8, 4) is 0 Å². The van der Waals surface area contributed by atoms with Gasteiger partial charge in [-0.1, -0.05) is 27.7 Å². The van der Waals surface area contributed by atoms with E-state index in [1.165, 1.54) is 0 Å². The van der Waals surface area contributed by atoms with Crippen LogP contribution in [0.3, 0.4) is 0 Å². The summed E-state index contributed by atoms with van der Waals surface area (Å²) in [7, 11) is 0. The highest BCUT2D eigenvalue weighted by atomic mass is 16.6. The van der Waals surface area contributed by atoms with E-state index in [-0.39, 0.29) is 24.5 Å². The van der Waals surface area contributed by atoms with Crippen molar-refractivity contribution in [3.63, 3.8) is 0 Å². The van der Waals surface area contributed by atoms with Gasteiger partial charge in [0.2, 0.25) is 0 Å². The molecule has 1 atom stereocenters. The number of carbonyl (C=O) groups excluding carboxylic acids is 2. The first kappa shape index (κ1) is 16.9. The summed E-state index contributed by atoms with van der Waals surface area (Å²) in [4.78, 5) is 22.9. The maximum Gasteiger partial charge on any atom is 0.306 e. The van der Waals surface area contributed by atoms with Gasteiger partial charge in [-0.05, 0) is 25.7 Å². The van der Waals surface area contributed by atoms with Crippen molar-refractivity contribution in [2.75, 3.05) is 6.61 Å². The Morgan fingerprint density at radius 3 is 2.00 bits per heavy atom. The Morgan fingerprint density at radius 2 is 1.56 bits per heavy atom. The van der Waals surface area contributed by atoms with Crippen LogP contribution in [-0.4, -0.2) is 24.1 Å². The summed E-state index contributed by atoms with van der Waals surface area (Å²) in [5.41, 5.74) is -0.740. The summed E-state index contributed by atoms with van der Waals surface area (Å²) in [5, 5.41) is 0. The van der Waals surface area contributed by atoms with Crippen LogP contribution >= 0.6 is 0 Å². The Kier molecular flexibility index (Phi) is 7.64. The fraction of sp³-hybridized carbons (Fsp3) is 0.857. The fourth-order valence-corrected chi connectivity index (χ4v) is 1.33. The van der Waals surface area contributed by atoms with Gasteiger partial charge in [0.15, 0.2) is 0 Å². The average molecular weight is 258 g/mol. The van der Waals surface area contributed by atoms with Gasteiger partial charge in [0, 0.05) is 12.8 Å². The molecule has 0 spiro atoms. The number of ether oxygens (including phenoxy) is 2. The van der Waals surface area contributed by atoms with E-state index in [2.05, 4.69) is 0 Å². The van der Waals surface area contributed by atoms with E-state index in [0.29, 0.717) is 12.8 Å². The van der Waals surface area contributed by atoms with Crippen LogP contribution in [0.25, 0.3) is 0 Å². The zero-order valence-electron chi connectivity index (χ0n) is 12.2. The van der Waals surface area contributed by atoms with Gasteiger partial charge >= 0.3 is 11.9 Å². The lowest BCUT2D eigenvalue weighted by Crippen LogP contribution is -2.42. The van der Waals surface area contributed by atoms with Crippen molar-refractivity contribution in [1.29, 1.82) is 0 Å². The number of hydrogen-bond donors (Lipinski definition) is 0. The summed E-state index contributed by atoms with van der Waals surface area (Å²) >= 11 is 0. The molecule has 4 nitrogen and oxygen atoms in total. The number of rotatable bonds is 8. The molecule has 0 saturated heterocycles.